The number of nitrogens with zero attached hydrogens (tertiary/aromatic N) is 1. The Morgan fingerprint density at radius 2 is 1.53 bits per heavy atom. The van der Waals surface area contributed by atoms with Gasteiger partial charge >= 0.3 is 0 Å². The molecule has 3 rings (SSSR count). The zero-order chi connectivity index (χ0) is 27.9. The van der Waals surface area contributed by atoms with Crippen molar-refractivity contribution in [3.63, 3.8) is 0 Å². The van der Waals surface area contributed by atoms with E-state index < -0.39 is 22.5 Å². The number of amides is 1. The third-order valence-corrected chi connectivity index (χ3v) is 7.74. The molecule has 0 unspecified atom stereocenters. The van der Waals surface area contributed by atoms with Gasteiger partial charge in [0.15, 0.2) is 11.5 Å². The molecule has 0 aliphatic carbocycles. The van der Waals surface area contributed by atoms with Gasteiger partial charge in [-0.15, -0.1) is 0 Å². The molecular formula is C29H36N2O6S. The maximum atomic E-state index is 13.7. The van der Waals surface area contributed by atoms with Crippen LogP contribution in [0.25, 0.3) is 0 Å². The minimum atomic E-state index is -4.10. The molecule has 38 heavy (non-hydrogen) atoms. The Labute approximate surface area is 225 Å². The molecule has 3 aromatic carbocycles. The first kappa shape index (κ1) is 28.8. The SMILES string of the molecule is COc1ccc(S(=O)(=O)N(CC(=O)NCCOc2ccc(C(C)(C)C)cc2)c2ccc(C)cc2)cc1OC. The van der Waals surface area contributed by atoms with E-state index >= 15 is 0 Å². The molecule has 0 saturated carbocycles. The van der Waals surface area contributed by atoms with Gasteiger partial charge in [-0.25, -0.2) is 8.42 Å². The number of hydrogen-bond acceptors (Lipinski definition) is 6. The number of benzene rings is 3. The van der Waals surface area contributed by atoms with Crippen molar-refractivity contribution in [1.82, 2.24) is 5.32 Å². The van der Waals surface area contributed by atoms with Crippen molar-refractivity contribution in [3.05, 3.63) is 77.9 Å². The molecule has 204 valence electrons. The van der Waals surface area contributed by atoms with Crippen LogP contribution in [0.3, 0.4) is 0 Å². The Morgan fingerprint density at radius 3 is 2.11 bits per heavy atom. The van der Waals surface area contributed by atoms with Crippen LogP contribution >= 0.6 is 0 Å². The highest BCUT2D eigenvalue weighted by molar-refractivity contribution is 7.92. The normalized spacial score (nSPS) is 11.5. The number of anilines is 1. The topological polar surface area (TPSA) is 94.2 Å². The largest absolute Gasteiger partial charge is 0.493 e. The summed E-state index contributed by atoms with van der Waals surface area (Å²) in [6, 6.07) is 19.1. The zero-order valence-electron chi connectivity index (χ0n) is 22.8. The van der Waals surface area contributed by atoms with E-state index in [4.69, 9.17) is 14.2 Å². The summed E-state index contributed by atoms with van der Waals surface area (Å²) in [4.78, 5) is 12.8. The summed E-state index contributed by atoms with van der Waals surface area (Å²) in [5.74, 6) is 0.916. The van der Waals surface area contributed by atoms with Crippen LogP contribution in [0.5, 0.6) is 17.2 Å². The van der Waals surface area contributed by atoms with Gasteiger partial charge in [-0.3, -0.25) is 9.10 Å². The van der Waals surface area contributed by atoms with Crippen molar-refractivity contribution in [2.24, 2.45) is 0 Å². The van der Waals surface area contributed by atoms with E-state index in [0.29, 0.717) is 17.2 Å². The van der Waals surface area contributed by atoms with Gasteiger partial charge in [-0.1, -0.05) is 50.6 Å². The second-order valence-electron chi connectivity index (χ2n) is 9.84. The average Bonchev–Trinajstić information content (AvgIpc) is 2.89. The molecular weight excluding hydrogens is 504 g/mol. The number of ether oxygens (including phenoxy) is 3. The molecule has 0 aromatic heterocycles. The van der Waals surface area contributed by atoms with E-state index in [9.17, 15) is 13.2 Å². The number of aryl methyl sites for hydroxylation is 1. The lowest BCUT2D eigenvalue weighted by molar-refractivity contribution is -0.119. The average molecular weight is 541 g/mol. The van der Waals surface area contributed by atoms with Crippen molar-refractivity contribution in [2.75, 3.05) is 38.2 Å². The van der Waals surface area contributed by atoms with Gasteiger partial charge in [-0.2, -0.15) is 0 Å². The minimum Gasteiger partial charge on any atom is -0.493 e. The third-order valence-electron chi connectivity index (χ3n) is 5.97. The number of rotatable bonds is 11. The lowest BCUT2D eigenvalue weighted by Gasteiger charge is -2.24. The first-order chi connectivity index (χ1) is 18.0. The molecule has 0 aliphatic heterocycles. The highest BCUT2D eigenvalue weighted by Gasteiger charge is 2.28. The Bertz CT molecular complexity index is 1330. The number of nitrogens with one attached hydrogen (secondary N) is 1. The lowest BCUT2D eigenvalue weighted by Crippen LogP contribution is -2.41. The van der Waals surface area contributed by atoms with Gasteiger partial charge in [0.25, 0.3) is 10.0 Å². The predicted molar refractivity (Wildman–Crippen MR) is 149 cm³/mol. The van der Waals surface area contributed by atoms with E-state index in [1.165, 1.54) is 38.0 Å². The van der Waals surface area contributed by atoms with Gasteiger partial charge in [0.1, 0.15) is 18.9 Å². The standard InChI is InChI=1S/C29H36N2O6S/c1-21-7-11-23(12-8-21)31(38(33,34)25-15-16-26(35-5)27(19-25)36-6)20-28(32)30-17-18-37-24-13-9-22(10-14-24)29(2,3)4/h7-16,19H,17-18,20H2,1-6H3,(H,30,32). The maximum absolute atomic E-state index is 13.7. The van der Waals surface area contributed by atoms with Crippen molar-refractivity contribution in [2.45, 2.75) is 38.0 Å². The van der Waals surface area contributed by atoms with Crippen LogP contribution in [-0.4, -0.2) is 48.2 Å². The monoisotopic (exact) mass is 540 g/mol. The molecule has 0 fully saturated rings. The first-order valence-corrected chi connectivity index (χ1v) is 13.7. The van der Waals surface area contributed by atoms with Crippen LogP contribution in [0.4, 0.5) is 5.69 Å². The van der Waals surface area contributed by atoms with Crippen LogP contribution in [0.1, 0.15) is 31.9 Å². The summed E-state index contributed by atoms with van der Waals surface area (Å²) < 4.78 is 44.6. The molecule has 1 amide bonds. The third kappa shape index (κ3) is 7.19. The lowest BCUT2D eigenvalue weighted by atomic mass is 9.87. The Kier molecular flexibility index (Phi) is 9.27. The molecule has 0 heterocycles. The first-order valence-electron chi connectivity index (χ1n) is 12.3. The molecule has 0 atom stereocenters. The smallest absolute Gasteiger partial charge is 0.264 e. The fourth-order valence-corrected chi connectivity index (χ4v) is 5.16. The van der Waals surface area contributed by atoms with Crippen LogP contribution < -0.4 is 23.8 Å². The van der Waals surface area contributed by atoms with E-state index in [2.05, 4.69) is 26.1 Å². The summed E-state index contributed by atoms with van der Waals surface area (Å²) in [5.41, 5.74) is 2.59. The van der Waals surface area contributed by atoms with Crippen LogP contribution in [-0.2, 0) is 20.2 Å². The quantitative estimate of drug-likeness (QED) is 0.355. The number of carbonyl (C=O) groups is 1. The molecule has 0 bridgehead atoms. The molecule has 1 N–H and O–H groups in total. The summed E-state index contributed by atoms with van der Waals surface area (Å²) in [5, 5.41) is 2.75. The Hall–Kier alpha value is -3.72. The molecule has 0 aliphatic rings. The van der Waals surface area contributed by atoms with Crippen molar-refractivity contribution in [3.8, 4) is 17.2 Å². The van der Waals surface area contributed by atoms with E-state index in [1.807, 2.05) is 31.2 Å². The number of carbonyl (C=O) groups excluding carboxylic acids is 1. The van der Waals surface area contributed by atoms with Crippen molar-refractivity contribution >= 4 is 21.6 Å². The second kappa shape index (κ2) is 12.2. The maximum Gasteiger partial charge on any atom is 0.264 e. The highest BCUT2D eigenvalue weighted by Crippen LogP contribution is 2.32. The highest BCUT2D eigenvalue weighted by atomic mass is 32.2. The van der Waals surface area contributed by atoms with Gasteiger partial charge < -0.3 is 19.5 Å². The molecule has 3 aromatic rings. The van der Waals surface area contributed by atoms with Crippen molar-refractivity contribution in [1.29, 1.82) is 0 Å². The fourth-order valence-electron chi connectivity index (χ4n) is 3.73. The summed E-state index contributed by atoms with van der Waals surface area (Å²) >= 11 is 0. The Morgan fingerprint density at radius 1 is 0.895 bits per heavy atom. The van der Waals surface area contributed by atoms with E-state index in [1.54, 1.807) is 24.3 Å². The van der Waals surface area contributed by atoms with Gasteiger partial charge in [0.2, 0.25) is 5.91 Å². The van der Waals surface area contributed by atoms with Gasteiger partial charge in [-0.05, 0) is 54.3 Å². The minimum absolute atomic E-state index is 0.0226. The molecule has 8 nitrogen and oxygen atoms in total. The van der Waals surface area contributed by atoms with Gasteiger partial charge in [0.05, 0.1) is 31.3 Å². The number of methoxy groups -OCH3 is 2. The molecule has 0 radical (unpaired) electrons. The van der Waals surface area contributed by atoms with E-state index in [0.717, 1.165) is 9.87 Å². The molecule has 9 heteroatoms. The Balaban J connectivity index is 1.71. The van der Waals surface area contributed by atoms with Gasteiger partial charge in [0, 0.05) is 6.07 Å². The predicted octanol–water partition coefficient (Wildman–Crippen LogP) is 4.70. The van der Waals surface area contributed by atoms with Crippen LogP contribution in [0.15, 0.2) is 71.6 Å². The number of hydrogen-bond donors (Lipinski definition) is 1. The summed E-state index contributed by atoms with van der Waals surface area (Å²) in [6.07, 6.45) is 0. The second-order valence-corrected chi connectivity index (χ2v) is 11.7. The molecule has 0 saturated heterocycles. The zero-order valence-corrected chi connectivity index (χ0v) is 23.6. The molecule has 0 spiro atoms. The fraction of sp³-hybridized carbons (Fsp3) is 0.345. The van der Waals surface area contributed by atoms with Crippen molar-refractivity contribution < 1.29 is 27.4 Å². The summed E-state index contributed by atoms with van der Waals surface area (Å²) in [6.45, 7) is 8.39. The van der Waals surface area contributed by atoms with E-state index in [-0.39, 0.29) is 29.2 Å². The summed E-state index contributed by atoms with van der Waals surface area (Å²) in [7, 11) is -1.20. The van der Waals surface area contributed by atoms with Crippen LogP contribution in [0, 0.1) is 6.92 Å². The van der Waals surface area contributed by atoms with Crippen LogP contribution in [0.2, 0.25) is 0 Å². The number of sulfonamides is 1.